The number of piperidine rings is 1. The van der Waals surface area contributed by atoms with Crippen LogP contribution in [0.3, 0.4) is 0 Å². The molecule has 1 heterocycles. The van der Waals surface area contributed by atoms with E-state index >= 15 is 0 Å². The Morgan fingerprint density at radius 2 is 2.15 bits per heavy atom. The first kappa shape index (κ1) is 14.5. The molecule has 1 unspecified atom stereocenters. The van der Waals surface area contributed by atoms with Crippen molar-refractivity contribution in [1.29, 1.82) is 0 Å². The molecular weight excluding hydrogens is 259 g/mol. The van der Waals surface area contributed by atoms with Crippen molar-refractivity contribution in [1.82, 2.24) is 10.2 Å². The molecule has 1 aromatic rings. The van der Waals surface area contributed by atoms with E-state index in [-0.39, 0.29) is 30.1 Å². The molecule has 0 saturated carbocycles. The van der Waals surface area contributed by atoms with Crippen molar-refractivity contribution in [2.75, 3.05) is 13.1 Å². The fourth-order valence-electron chi connectivity index (χ4n) is 2.53. The van der Waals surface area contributed by atoms with Gasteiger partial charge in [0, 0.05) is 26.1 Å². The molecule has 108 valence electrons. The topological polar surface area (TPSA) is 49.4 Å². The van der Waals surface area contributed by atoms with Crippen molar-refractivity contribution in [3.8, 4) is 0 Å². The predicted molar refractivity (Wildman–Crippen MR) is 73.5 cm³/mol. The number of hydrogen-bond donors (Lipinski definition) is 1. The van der Waals surface area contributed by atoms with Crippen LogP contribution in [0.4, 0.5) is 4.39 Å². The molecule has 1 saturated heterocycles. The summed E-state index contributed by atoms with van der Waals surface area (Å²) in [7, 11) is 0. The Kier molecular flexibility index (Phi) is 4.71. The number of nitrogens with one attached hydrogen (secondary N) is 1. The lowest BCUT2D eigenvalue weighted by Gasteiger charge is -2.33. The van der Waals surface area contributed by atoms with Crippen LogP contribution in [-0.2, 0) is 16.0 Å². The fourth-order valence-corrected chi connectivity index (χ4v) is 2.53. The molecule has 2 amide bonds. The Labute approximate surface area is 118 Å². The Morgan fingerprint density at radius 3 is 2.85 bits per heavy atom. The van der Waals surface area contributed by atoms with Gasteiger partial charge in [0.1, 0.15) is 5.82 Å². The minimum atomic E-state index is -0.351. The molecule has 5 heteroatoms. The highest BCUT2D eigenvalue weighted by Crippen LogP contribution is 2.14. The second kappa shape index (κ2) is 6.50. The average Bonchev–Trinajstić information content (AvgIpc) is 2.41. The summed E-state index contributed by atoms with van der Waals surface area (Å²) in [4.78, 5) is 25.0. The first-order valence-electron chi connectivity index (χ1n) is 6.84. The van der Waals surface area contributed by atoms with Gasteiger partial charge < -0.3 is 10.2 Å². The normalized spacial score (nSPS) is 18.7. The maximum Gasteiger partial charge on any atom is 0.227 e. The Morgan fingerprint density at radius 1 is 1.40 bits per heavy atom. The van der Waals surface area contributed by atoms with Gasteiger partial charge in [0.2, 0.25) is 11.8 Å². The molecule has 1 aliphatic rings. The summed E-state index contributed by atoms with van der Waals surface area (Å²) in [6.45, 7) is 2.65. The van der Waals surface area contributed by atoms with Crippen molar-refractivity contribution in [2.24, 2.45) is 0 Å². The van der Waals surface area contributed by atoms with Gasteiger partial charge in [-0.2, -0.15) is 0 Å². The summed E-state index contributed by atoms with van der Waals surface area (Å²) in [5.74, 6) is -0.528. The SMILES string of the molecule is CC(=O)NC1CCCN(C(=O)Cc2ccccc2F)C1. The van der Waals surface area contributed by atoms with Crippen molar-refractivity contribution in [2.45, 2.75) is 32.2 Å². The van der Waals surface area contributed by atoms with Gasteiger partial charge in [-0.05, 0) is 24.5 Å². The van der Waals surface area contributed by atoms with E-state index in [1.54, 1.807) is 23.1 Å². The molecule has 1 aromatic carbocycles. The lowest BCUT2D eigenvalue weighted by atomic mass is 10.0. The quantitative estimate of drug-likeness (QED) is 0.911. The number of amides is 2. The zero-order chi connectivity index (χ0) is 14.5. The lowest BCUT2D eigenvalue weighted by molar-refractivity contribution is -0.132. The van der Waals surface area contributed by atoms with E-state index in [2.05, 4.69) is 5.32 Å². The van der Waals surface area contributed by atoms with Crippen LogP contribution in [0.5, 0.6) is 0 Å². The molecule has 0 aliphatic carbocycles. The van der Waals surface area contributed by atoms with Gasteiger partial charge in [-0.1, -0.05) is 18.2 Å². The average molecular weight is 278 g/mol. The van der Waals surface area contributed by atoms with Crippen LogP contribution < -0.4 is 5.32 Å². The van der Waals surface area contributed by atoms with E-state index in [1.807, 2.05) is 0 Å². The highest BCUT2D eigenvalue weighted by Gasteiger charge is 2.24. The van der Waals surface area contributed by atoms with Crippen LogP contribution in [0.25, 0.3) is 0 Å². The number of carbonyl (C=O) groups excluding carboxylic acids is 2. The summed E-state index contributed by atoms with van der Waals surface area (Å²) < 4.78 is 13.5. The molecule has 20 heavy (non-hydrogen) atoms. The minimum absolute atomic E-state index is 0.00539. The molecule has 0 radical (unpaired) electrons. The zero-order valence-corrected chi connectivity index (χ0v) is 11.6. The highest BCUT2D eigenvalue weighted by molar-refractivity contribution is 5.79. The second-order valence-corrected chi connectivity index (χ2v) is 5.15. The summed E-state index contributed by atoms with van der Waals surface area (Å²) in [5, 5.41) is 2.83. The number of benzene rings is 1. The maximum atomic E-state index is 13.5. The van der Waals surface area contributed by atoms with Gasteiger partial charge in [0.15, 0.2) is 0 Å². The first-order valence-corrected chi connectivity index (χ1v) is 6.84. The van der Waals surface area contributed by atoms with E-state index in [4.69, 9.17) is 0 Å². The number of hydrogen-bond acceptors (Lipinski definition) is 2. The van der Waals surface area contributed by atoms with Crippen molar-refractivity contribution in [3.63, 3.8) is 0 Å². The largest absolute Gasteiger partial charge is 0.352 e. The Bertz CT molecular complexity index is 504. The summed E-state index contributed by atoms with van der Waals surface area (Å²) >= 11 is 0. The zero-order valence-electron chi connectivity index (χ0n) is 11.6. The molecule has 0 bridgehead atoms. The molecule has 0 aromatic heterocycles. The van der Waals surface area contributed by atoms with Crippen molar-refractivity contribution < 1.29 is 14.0 Å². The third-order valence-electron chi connectivity index (χ3n) is 3.48. The van der Waals surface area contributed by atoms with Crippen LogP contribution in [-0.4, -0.2) is 35.8 Å². The van der Waals surface area contributed by atoms with Crippen molar-refractivity contribution in [3.05, 3.63) is 35.6 Å². The van der Waals surface area contributed by atoms with Gasteiger partial charge in [0.05, 0.1) is 6.42 Å². The molecule has 4 nitrogen and oxygen atoms in total. The number of nitrogens with zero attached hydrogens (tertiary/aromatic N) is 1. The first-order chi connectivity index (χ1) is 9.56. The lowest BCUT2D eigenvalue weighted by Crippen LogP contribution is -2.49. The molecule has 0 spiro atoms. The molecule has 1 N–H and O–H groups in total. The van der Waals surface area contributed by atoms with Gasteiger partial charge >= 0.3 is 0 Å². The van der Waals surface area contributed by atoms with Crippen LogP contribution in [0.2, 0.25) is 0 Å². The summed E-state index contributed by atoms with van der Waals surface area (Å²) in [5.41, 5.74) is 0.416. The molecule has 2 rings (SSSR count). The van der Waals surface area contributed by atoms with E-state index in [0.29, 0.717) is 18.7 Å². The number of likely N-dealkylation sites (tertiary alicyclic amines) is 1. The monoisotopic (exact) mass is 278 g/mol. The molecular formula is C15H19FN2O2. The minimum Gasteiger partial charge on any atom is -0.352 e. The Hall–Kier alpha value is -1.91. The standard InChI is InChI=1S/C15H19FN2O2/c1-11(19)17-13-6-4-8-18(10-13)15(20)9-12-5-2-3-7-14(12)16/h2-3,5,7,13H,4,6,8-10H2,1H3,(H,17,19). The maximum absolute atomic E-state index is 13.5. The van der Waals surface area contributed by atoms with Crippen LogP contribution in [0.15, 0.2) is 24.3 Å². The van der Waals surface area contributed by atoms with Crippen LogP contribution in [0, 0.1) is 5.82 Å². The molecule has 1 atom stereocenters. The molecule has 1 fully saturated rings. The third kappa shape index (κ3) is 3.79. The van der Waals surface area contributed by atoms with Gasteiger partial charge in [-0.15, -0.1) is 0 Å². The number of halogens is 1. The van der Waals surface area contributed by atoms with Gasteiger partial charge in [-0.3, -0.25) is 9.59 Å². The van der Waals surface area contributed by atoms with Gasteiger partial charge in [0.25, 0.3) is 0 Å². The van der Waals surface area contributed by atoms with Crippen LogP contribution in [0.1, 0.15) is 25.3 Å². The van der Waals surface area contributed by atoms with Gasteiger partial charge in [-0.25, -0.2) is 4.39 Å². The number of rotatable bonds is 3. The second-order valence-electron chi connectivity index (χ2n) is 5.15. The summed E-state index contributed by atoms with van der Waals surface area (Å²) in [6, 6.07) is 6.33. The van der Waals surface area contributed by atoms with E-state index in [0.717, 1.165) is 12.8 Å². The van der Waals surface area contributed by atoms with E-state index < -0.39 is 0 Å². The van der Waals surface area contributed by atoms with E-state index in [9.17, 15) is 14.0 Å². The fraction of sp³-hybridized carbons (Fsp3) is 0.467. The van der Waals surface area contributed by atoms with E-state index in [1.165, 1.54) is 13.0 Å². The highest BCUT2D eigenvalue weighted by atomic mass is 19.1. The third-order valence-corrected chi connectivity index (χ3v) is 3.48. The predicted octanol–water partition coefficient (Wildman–Crippen LogP) is 1.50. The summed E-state index contributed by atoms with van der Waals surface area (Å²) in [6.07, 6.45) is 1.80. The Balaban J connectivity index is 1.95. The van der Waals surface area contributed by atoms with Crippen molar-refractivity contribution >= 4 is 11.8 Å². The number of carbonyl (C=O) groups is 2. The van der Waals surface area contributed by atoms with Crippen LogP contribution >= 0.6 is 0 Å². The smallest absolute Gasteiger partial charge is 0.227 e. The molecule has 1 aliphatic heterocycles.